The van der Waals surface area contributed by atoms with Crippen molar-refractivity contribution in [3.63, 3.8) is 0 Å². The topological polar surface area (TPSA) is 26.0 Å². The summed E-state index contributed by atoms with van der Waals surface area (Å²) in [6.07, 6.45) is 0. The Kier molecular flexibility index (Phi) is 3.24. The second kappa shape index (κ2) is 3.84. The third kappa shape index (κ3) is 2.05. The monoisotopic (exact) mass is 223 g/mol. The largest absolute Gasteiger partial charge is 0.324 e. The van der Waals surface area contributed by atoms with Crippen molar-refractivity contribution in [2.75, 3.05) is 0 Å². The molecule has 0 bridgehead atoms. The van der Waals surface area contributed by atoms with Gasteiger partial charge in [0.25, 0.3) is 0 Å². The van der Waals surface area contributed by atoms with Gasteiger partial charge in [0.15, 0.2) is 0 Å². The van der Waals surface area contributed by atoms with Gasteiger partial charge in [0.05, 0.1) is 0 Å². The Morgan fingerprint density at radius 3 is 1.92 bits per heavy atom. The van der Waals surface area contributed by atoms with Crippen LogP contribution in [0.2, 0.25) is 15.1 Å². The van der Waals surface area contributed by atoms with E-state index < -0.39 is 0 Å². The van der Waals surface area contributed by atoms with Crippen LogP contribution >= 0.6 is 34.8 Å². The summed E-state index contributed by atoms with van der Waals surface area (Å²) in [5, 5.41) is 1.56. The molecule has 0 aromatic heterocycles. The first-order valence-corrected chi connectivity index (χ1v) is 4.55. The third-order valence-electron chi connectivity index (χ3n) is 1.50. The number of rotatable bonds is 1. The molecule has 0 saturated carbocycles. The van der Waals surface area contributed by atoms with E-state index in [0.29, 0.717) is 15.1 Å². The first-order chi connectivity index (χ1) is 5.52. The van der Waals surface area contributed by atoms with Crippen LogP contribution in [0.15, 0.2) is 12.1 Å². The molecule has 0 unspecified atom stereocenters. The molecule has 0 aliphatic carbocycles. The summed E-state index contributed by atoms with van der Waals surface area (Å²) < 4.78 is 0. The van der Waals surface area contributed by atoms with Crippen LogP contribution in [0.1, 0.15) is 18.5 Å². The van der Waals surface area contributed by atoms with Crippen LogP contribution in [0.25, 0.3) is 0 Å². The van der Waals surface area contributed by atoms with Gasteiger partial charge in [-0.25, -0.2) is 0 Å². The molecule has 12 heavy (non-hydrogen) atoms. The van der Waals surface area contributed by atoms with Crippen LogP contribution in [0.4, 0.5) is 0 Å². The summed E-state index contributed by atoms with van der Waals surface area (Å²) in [5.41, 5.74) is 6.39. The van der Waals surface area contributed by atoms with Gasteiger partial charge in [0.2, 0.25) is 0 Å². The zero-order valence-electron chi connectivity index (χ0n) is 6.44. The quantitative estimate of drug-likeness (QED) is 0.774. The molecule has 0 saturated heterocycles. The zero-order chi connectivity index (χ0) is 9.30. The highest BCUT2D eigenvalue weighted by Crippen LogP contribution is 2.32. The van der Waals surface area contributed by atoms with E-state index in [1.807, 2.05) is 6.92 Å². The first kappa shape index (κ1) is 10.1. The highest BCUT2D eigenvalue weighted by Gasteiger charge is 2.10. The normalized spacial score (nSPS) is 13.1. The van der Waals surface area contributed by atoms with Crippen molar-refractivity contribution >= 4 is 34.8 Å². The Balaban J connectivity index is 3.28. The maximum atomic E-state index is 5.88. The molecule has 0 aliphatic rings. The Morgan fingerprint density at radius 1 is 1.17 bits per heavy atom. The van der Waals surface area contributed by atoms with Gasteiger partial charge in [-0.15, -0.1) is 0 Å². The highest BCUT2D eigenvalue weighted by atomic mass is 35.5. The Labute approximate surface area is 86.4 Å². The molecule has 1 aromatic rings. The molecule has 66 valence electrons. The van der Waals surface area contributed by atoms with E-state index in [1.165, 1.54) is 0 Å². The average Bonchev–Trinajstić information content (AvgIpc) is 1.82. The van der Waals surface area contributed by atoms with E-state index >= 15 is 0 Å². The van der Waals surface area contributed by atoms with Crippen molar-refractivity contribution in [3.05, 3.63) is 32.8 Å². The SMILES string of the molecule is C[C@@H](N)c1c(Cl)cc(Cl)cc1Cl. The predicted molar refractivity (Wildman–Crippen MR) is 54.1 cm³/mol. The number of hydrogen-bond acceptors (Lipinski definition) is 1. The molecule has 1 aromatic carbocycles. The van der Waals surface area contributed by atoms with Crippen molar-refractivity contribution in [1.29, 1.82) is 0 Å². The van der Waals surface area contributed by atoms with E-state index in [9.17, 15) is 0 Å². The minimum atomic E-state index is -0.178. The standard InChI is InChI=1S/C8H8Cl3N/c1-4(12)8-6(10)2-5(9)3-7(8)11/h2-4H,12H2,1H3/t4-/m1/s1. The van der Waals surface area contributed by atoms with E-state index in [4.69, 9.17) is 40.5 Å². The van der Waals surface area contributed by atoms with Crippen LogP contribution in [0.5, 0.6) is 0 Å². The first-order valence-electron chi connectivity index (χ1n) is 3.42. The number of benzene rings is 1. The number of halogens is 3. The summed E-state index contributed by atoms with van der Waals surface area (Å²) in [5.74, 6) is 0. The number of nitrogens with two attached hydrogens (primary N) is 1. The van der Waals surface area contributed by atoms with Crippen LogP contribution in [0, 0.1) is 0 Å². The average molecular weight is 225 g/mol. The molecule has 1 nitrogen and oxygen atoms in total. The van der Waals surface area contributed by atoms with Crippen molar-refractivity contribution in [3.8, 4) is 0 Å². The third-order valence-corrected chi connectivity index (χ3v) is 2.34. The Hall–Kier alpha value is 0.0500. The lowest BCUT2D eigenvalue weighted by atomic mass is 10.1. The lowest BCUT2D eigenvalue weighted by molar-refractivity contribution is 0.819. The fraction of sp³-hybridized carbons (Fsp3) is 0.250. The van der Waals surface area contributed by atoms with Crippen LogP contribution < -0.4 is 5.73 Å². The van der Waals surface area contributed by atoms with E-state index in [1.54, 1.807) is 12.1 Å². The maximum absolute atomic E-state index is 5.88. The molecular weight excluding hydrogens is 216 g/mol. The summed E-state index contributed by atoms with van der Waals surface area (Å²) in [4.78, 5) is 0. The molecule has 0 radical (unpaired) electrons. The van der Waals surface area contributed by atoms with Gasteiger partial charge in [-0.2, -0.15) is 0 Å². The van der Waals surface area contributed by atoms with Gasteiger partial charge in [-0.05, 0) is 19.1 Å². The minimum Gasteiger partial charge on any atom is -0.324 e. The highest BCUT2D eigenvalue weighted by molar-refractivity contribution is 6.39. The minimum absolute atomic E-state index is 0.178. The molecule has 1 rings (SSSR count). The Morgan fingerprint density at radius 2 is 1.58 bits per heavy atom. The molecule has 0 aliphatic heterocycles. The summed E-state index contributed by atoms with van der Waals surface area (Å²) in [7, 11) is 0. The summed E-state index contributed by atoms with van der Waals surface area (Å²) in [6.45, 7) is 1.82. The molecule has 0 fully saturated rings. The summed E-state index contributed by atoms with van der Waals surface area (Å²) in [6, 6.07) is 3.09. The van der Waals surface area contributed by atoms with E-state index in [-0.39, 0.29) is 6.04 Å². The smallest absolute Gasteiger partial charge is 0.0483 e. The lowest BCUT2D eigenvalue weighted by Gasteiger charge is -2.10. The molecular formula is C8H8Cl3N. The number of hydrogen-bond donors (Lipinski definition) is 1. The van der Waals surface area contributed by atoms with Crippen LogP contribution in [0.3, 0.4) is 0 Å². The van der Waals surface area contributed by atoms with Crippen molar-refractivity contribution < 1.29 is 0 Å². The maximum Gasteiger partial charge on any atom is 0.0483 e. The molecule has 4 heteroatoms. The fourth-order valence-electron chi connectivity index (χ4n) is 0.988. The molecule has 0 spiro atoms. The van der Waals surface area contributed by atoms with Crippen molar-refractivity contribution in [2.45, 2.75) is 13.0 Å². The van der Waals surface area contributed by atoms with Crippen molar-refractivity contribution in [1.82, 2.24) is 0 Å². The van der Waals surface area contributed by atoms with E-state index in [0.717, 1.165) is 5.56 Å². The van der Waals surface area contributed by atoms with Gasteiger partial charge in [0, 0.05) is 26.7 Å². The van der Waals surface area contributed by atoms with E-state index in [2.05, 4.69) is 0 Å². The molecule has 1 atom stereocenters. The lowest BCUT2D eigenvalue weighted by Crippen LogP contribution is -2.06. The van der Waals surface area contributed by atoms with Crippen LogP contribution in [-0.4, -0.2) is 0 Å². The van der Waals surface area contributed by atoms with Gasteiger partial charge < -0.3 is 5.73 Å². The molecule has 0 amide bonds. The van der Waals surface area contributed by atoms with Gasteiger partial charge in [0.1, 0.15) is 0 Å². The Bertz CT molecular complexity index is 273. The van der Waals surface area contributed by atoms with Gasteiger partial charge >= 0.3 is 0 Å². The van der Waals surface area contributed by atoms with Crippen molar-refractivity contribution in [2.24, 2.45) is 5.73 Å². The van der Waals surface area contributed by atoms with Gasteiger partial charge in [-0.3, -0.25) is 0 Å². The fourth-order valence-corrected chi connectivity index (χ4v) is 2.15. The second-order valence-electron chi connectivity index (χ2n) is 2.57. The predicted octanol–water partition coefficient (Wildman–Crippen LogP) is 3.67. The molecule has 0 heterocycles. The van der Waals surface area contributed by atoms with Gasteiger partial charge in [-0.1, -0.05) is 34.8 Å². The summed E-state index contributed by atoms with van der Waals surface area (Å²) >= 11 is 17.5. The zero-order valence-corrected chi connectivity index (χ0v) is 8.71. The molecule has 2 N–H and O–H groups in total. The van der Waals surface area contributed by atoms with Crippen LogP contribution in [-0.2, 0) is 0 Å². The second-order valence-corrected chi connectivity index (χ2v) is 3.82.